The lowest BCUT2D eigenvalue weighted by atomic mass is 10.2. The average molecular weight is 247 g/mol. The molecule has 2 rings (SSSR count). The van der Waals surface area contributed by atoms with Gasteiger partial charge in [0, 0.05) is 11.3 Å². The second-order valence-electron chi connectivity index (χ2n) is 3.16. The highest BCUT2D eigenvalue weighted by atomic mass is 32.1. The van der Waals surface area contributed by atoms with Gasteiger partial charge in [-0.1, -0.05) is 19.2 Å². The first-order valence-corrected chi connectivity index (χ1v) is 5.20. The van der Waals surface area contributed by atoms with Crippen molar-refractivity contribution in [3.05, 3.63) is 36.9 Å². The van der Waals surface area contributed by atoms with Crippen LogP contribution in [0, 0.1) is 0 Å². The van der Waals surface area contributed by atoms with Crippen molar-refractivity contribution in [2.24, 2.45) is 0 Å². The highest BCUT2D eigenvalue weighted by Gasteiger charge is 2.06. The number of hydrogen-bond donors (Lipinski definition) is 2. The van der Waals surface area contributed by atoms with E-state index in [1.165, 1.54) is 6.08 Å². The van der Waals surface area contributed by atoms with Crippen molar-refractivity contribution >= 4 is 24.2 Å². The van der Waals surface area contributed by atoms with Gasteiger partial charge in [0.25, 0.3) is 5.22 Å². The van der Waals surface area contributed by atoms with E-state index in [-0.39, 0.29) is 11.1 Å². The van der Waals surface area contributed by atoms with Crippen LogP contribution in [-0.4, -0.2) is 16.1 Å². The van der Waals surface area contributed by atoms with Gasteiger partial charge in [0.15, 0.2) is 0 Å². The molecule has 0 aliphatic carbocycles. The highest BCUT2D eigenvalue weighted by molar-refractivity contribution is 7.80. The Kier molecular flexibility index (Phi) is 3.24. The fourth-order valence-corrected chi connectivity index (χ4v) is 1.35. The average Bonchev–Trinajstić information content (AvgIpc) is 2.77. The third-order valence-electron chi connectivity index (χ3n) is 2.00. The number of hydrogen-bond acceptors (Lipinski definition) is 5. The molecular weight excluding hydrogens is 238 g/mol. The van der Waals surface area contributed by atoms with Gasteiger partial charge in [0.1, 0.15) is 0 Å². The quantitative estimate of drug-likeness (QED) is 0.644. The number of rotatable bonds is 3. The Morgan fingerprint density at radius 3 is 2.59 bits per heavy atom. The normalized spacial score (nSPS) is 9.94. The van der Waals surface area contributed by atoms with Crippen LogP contribution in [0.2, 0.25) is 0 Å². The van der Waals surface area contributed by atoms with E-state index in [2.05, 4.69) is 34.7 Å². The predicted molar refractivity (Wildman–Crippen MR) is 65.8 cm³/mol. The van der Waals surface area contributed by atoms with E-state index >= 15 is 0 Å². The van der Waals surface area contributed by atoms with Gasteiger partial charge in [0.05, 0.1) is 0 Å². The van der Waals surface area contributed by atoms with E-state index in [4.69, 9.17) is 4.42 Å². The molecule has 1 aromatic carbocycles. The number of amides is 1. The highest BCUT2D eigenvalue weighted by Crippen LogP contribution is 2.20. The zero-order chi connectivity index (χ0) is 12.3. The molecule has 0 bridgehead atoms. The van der Waals surface area contributed by atoms with Crippen molar-refractivity contribution < 1.29 is 9.21 Å². The Morgan fingerprint density at radius 2 is 2.06 bits per heavy atom. The van der Waals surface area contributed by atoms with Gasteiger partial charge in [-0.2, -0.15) is 0 Å². The predicted octanol–water partition coefficient (Wildman–Crippen LogP) is 2.15. The molecule has 0 saturated heterocycles. The number of aromatic nitrogens is 2. The van der Waals surface area contributed by atoms with Crippen molar-refractivity contribution in [3.63, 3.8) is 0 Å². The molecule has 0 aliphatic heterocycles. The Morgan fingerprint density at radius 1 is 1.35 bits per heavy atom. The minimum Gasteiger partial charge on any atom is -0.411 e. The monoisotopic (exact) mass is 247 g/mol. The summed E-state index contributed by atoms with van der Waals surface area (Å²) in [6, 6.07) is 7.00. The van der Waals surface area contributed by atoms with Gasteiger partial charge >= 0.3 is 0 Å². The van der Waals surface area contributed by atoms with Gasteiger partial charge in [-0.25, -0.2) is 0 Å². The van der Waals surface area contributed by atoms with Crippen LogP contribution >= 0.6 is 12.6 Å². The third kappa shape index (κ3) is 2.73. The fraction of sp³-hybridized carbons (Fsp3) is 0. The molecule has 6 heteroatoms. The molecule has 0 saturated carbocycles. The van der Waals surface area contributed by atoms with Crippen LogP contribution in [0.1, 0.15) is 0 Å². The lowest BCUT2D eigenvalue weighted by Gasteiger charge is -2.01. The molecule has 5 nitrogen and oxygen atoms in total. The van der Waals surface area contributed by atoms with Gasteiger partial charge in [0.2, 0.25) is 11.8 Å². The van der Waals surface area contributed by atoms with Crippen LogP contribution in [0.4, 0.5) is 5.69 Å². The lowest BCUT2D eigenvalue weighted by Crippen LogP contribution is -2.06. The molecule has 0 spiro atoms. The molecule has 1 N–H and O–H groups in total. The number of nitrogens with one attached hydrogen (secondary N) is 1. The summed E-state index contributed by atoms with van der Waals surface area (Å²) in [6.45, 7) is 3.37. The summed E-state index contributed by atoms with van der Waals surface area (Å²) in [5.41, 5.74) is 1.43. The zero-order valence-electron chi connectivity index (χ0n) is 8.75. The number of carbonyl (C=O) groups excluding carboxylic acids is 1. The molecule has 1 amide bonds. The van der Waals surface area contributed by atoms with E-state index in [1.807, 2.05) is 0 Å². The SMILES string of the molecule is C=CC(=O)Nc1ccc(-c2nnc(S)o2)cc1. The Hall–Kier alpha value is -2.08. The van der Waals surface area contributed by atoms with Crippen LogP contribution in [0.3, 0.4) is 0 Å². The Labute approximate surface area is 103 Å². The molecule has 0 radical (unpaired) electrons. The molecule has 2 aromatic rings. The maximum atomic E-state index is 11.1. The molecule has 86 valence electrons. The molecule has 0 atom stereocenters. The summed E-state index contributed by atoms with van der Waals surface area (Å²) in [7, 11) is 0. The van der Waals surface area contributed by atoms with E-state index in [0.717, 1.165) is 5.56 Å². The zero-order valence-corrected chi connectivity index (χ0v) is 9.65. The number of benzene rings is 1. The van der Waals surface area contributed by atoms with Crippen molar-refractivity contribution in [1.29, 1.82) is 0 Å². The smallest absolute Gasteiger partial charge is 0.273 e. The summed E-state index contributed by atoms with van der Waals surface area (Å²) in [5.74, 6) is 0.129. The minimum absolute atomic E-state index is 0.212. The summed E-state index contributed by atoms with van der Waals surface area (Å²) in [4.78, 5) is 11.1. The first kappa shape index (κ1) is 11.4. The standard InChI is InChI=1S/C11H9N3O2S/c1-2-9(15)12-8-5-3-7(4-6-8)10-13-14-11(17)16-10/h2-6H,1H2,(H,12,15)(H,14,17). The summed E-state index contributed by atoms with van der Waals surface area (Å²) >= 11 is 3.93. The van der Waals surface area contributed by atoms with Crippen LogP contribution in [0.25, 0.3) is 11.5 Å². The van der Waals surface area contributed by atoms with E-state index in [0.29, 0.717) is 11.6 Å². The van der Waals surface area contributed by atoms with Gasteiger partial charge in [-0.05, 0) is 30.3 Å². The number of thiol groups is 1. The third-order valence-corrected chi connectivity index (χ3v) is 2.18. The molecule has 1 heterocycles. The van der Waals surface area contributed by atoms with Gasteiger partial charge < -0.3 is 9.73 Å². The summed E-state index contributed by atoms with van der Waals surface area (Å²) in [5, 5.41) is 10.3. The van der Waals surface area contributed by atoms with Crippen LogP contribution in [0.5, 0.6) is 0 Å². The molecule has 0 aliphatic rings. The Bertz CT molecular complexity index is 548. The largest absolute Gasteiger partial charge is 0.411 e. The van der Waals surface area contributed by atoms with E-state index < -0.39 is 0 Å². The minimum atomic E-state index is -0.256. The first-order valence-electron chi connectivity index (χ1n) is 4.75. The first-order chi connectivity index (χ1) is 8.19. The number of anilines is 1. The van der Waals surface area contributed by atoms with Crippen molar-refractivity contribution in [3.8, 4) is 11.5 Å². The Balaban J connectivity index is 2.18. The molecule has 0 fully saturated rings. The molecule has 1 aromatic heterocycles. The molecule has 0 unspecified atom stereocenters. The number of carbonyl (C=O) groups is 1. The van der Waals surface area contributed by atoms with Crippen molar-refractivity contribution in [1.82, 2.24) is 10.2 Å². The van der Waals surface area contributed by atoms with E-state index in [9.17, 15) is 4.79 Å². The summed E-state index contributed by atoms with van der Waals surface area (Å²) in [6.07, 6.45) is 1.21. The second-order valence-corrected chi connectivity index (χ2v) is 3.54. The topological polar surface area (TPSA) is 68.0 Å². The number of nitrogens with zero attached hydrogens (tertiary/aromatic N) is 2. The van der Waals surface area contributed by atoms with Crippen LogP contribution in [-0.2, 0) is 4.79 Å². The fourth-order valence-electron chi connectivity index (χ4n) is 1.22. The maximum absolute atomic E-state index is 11.1. The van der Waals surface area contributed by atoms with Crippen molar-refractivity contribution in [2.75, 3.05) is 5.32 Å². The van der Waals surface area contributed by atoms with Crippen molar-refractivity contribution in [2.45, 2.75) is 5.22 Å². The van der Waals surface area contributed by atoms with Crippen LogP contribution in [0.15, 0.2) is 46.6 Å². The van der Waals surface area contributed by atoms with Crippen LogP contribution < -0.4 is 5.32 Å². The molecule has 17 heavy (non-hydrogen) atoms. The van der Waals surface area contributed by atoms with Gasteiger partial charge in [-0.15, -0.1) is 10.2 Å². The van der Waals surface area contributed by atoms with Gasteiger partial charge in [-0.3, -0.25) is 4.79 Å². The summed E-state index contributed by atoms with van der Waals surface area (Å²) < 4.78 is 5.15. The lowest BCUT2D eigenvalue weighted by molar-refractivity contribution is -0.111. The second kappa shape index (κ2) is 4.84. The molecular formula is C11H9N3O2S. The maximum Gasteiger partial charge on any atom is 0.273 e. The van der Waals surface area contributed by atoms with E-state index in [1.54, 1.807) is 24.3 Å².